The fourth-order valence-electron chi connectivity index (χ4n) is 0.888. The Balaban J connectivity index is 3.93. The van der Waals surface area contributed by atoms with E-state index < -0.39 is 0 Å². The molecule has 1 N–H and O–H groups in total. The molecule has 0 unspecified atom stereocenters. The van der Waals surface area contributed by atoms with E-state index in [0.29, 0.717) is 18.1 Å². The summed E-state index contributed by atoms with van der Waals surface area (Å²) in [6.07, 6.45) is 2.40. The highest BCUT2D eigenvalue weighted by Gasteiger charge is 2.04. The molecule has 0 aromatic rings. The minimum absolute atomic E-state index is 0.157. The van der Waals surface area contributed by atoms with E-state index in [4.69, 9.17) is 4.74 Å². The van der Waals surface area contributed by atoms with Crippen molar-refractivity contribution in [1.29, 1.82) is 0 Å². The highest BCUT2D eigenvalue weighted by molar-refractivity contribution is 6.05. The fraction of sp³-hybridized carbons (Fsp3) is 0.500. The van der Waals surface area contributed by atoms with Crippen molar-refractivity contribution in [2.45, 2.75) is 20.8 Å². The highest BCUT2D eigenvalue weighted by Crippen LogP contribution is 1.94. The Labute approximate surface area is 96.4 Å². The Morgan fingerprint density at radius 3 is 2.56 bits per heavy atom. The van der Waals surface area contributed by atoms with Gasteiger partial charge in [0.25, 0.3) is 0 Å². The largest absolute Gasteiger partial charge is 0.361 e. The summed E-state index contributed by atoms with van der Waals surface area (Å²) in [6, 6.07) is 0. The van der Waals surface area contributed by atoms with Gasteiger partial charge in [0.2, 0.25) is 5.91 Å². The van der Waals surface area contributed by atoms with Gasteiger partial charge >= 0.3 is 0 Å². The lowest BCUT2D eigenvalue weighted by Crippen LogP contribution is -2.27. The van der Waals surface area contributed by atoms with Crippen LogP contribution in [-0.4, -0.2) is 25.0 Å². The molecule has 0 saturated heterocycles. The van der Waals surface area contributed by atoms with Crippen LogP contribution < -0.4 is 5.32 Å². The van der Waals surface area contributed by atoms with E-state index in [1.807, 2.05) is 13.8 Å². The first-order chi connectivity index (χ1) is 7.47. The lowest BCUT2D eigenvalue weighted by atomic mass is 10.2. The lowest BCUT2D eigenvalue weighted by molar-refractivity contribution is -0.119. The van der Waals surface area contributed by atoms with Crippen molar-refractivity contribution in [3.8, 4) is 0 Å². The summed E-state index contributed by atoms with van der Waals surface area (Å²) in [6.45, 7) is 9.68. The first kappa shape index (κ1) is 14.6. The summed E-state index contributed by atoms with van der Waals surface area (Å²) in [4.78, 5) is 22.3. The van der Waals surface area contributed by atoms with E-state index in [0.717, 1.165) is 6.08 Å². The average molecular weight is 225 g/mol. The number of nitrogens with one attached hydrogen (secondary N) is 1. The van der Waals surface area contributed by atoms with Gasteiger partial charge in [-0.2, -0.15) is 0 Å². The zero-order valence-corrected chi connectivity index (χ0v) is 10.1. The van der Waals surface area contributed by atoms with E-state index in [9.17, 15) is 9.59 Å². The standard InChI is InChI=1S/C12H19NO3/c1-5-11(14)6-10(4)12(15)13-8-16-7-9(2)3/h5-6,9H,1,7-8H2,2-4H3,(H,13,15). The Kier molecular flexibility index (Phi) is 7.12. The van der Waals surface area contributed by atoms with E-state index >= 15 is 0 Å². The molecule has 4 nitrogen and oxygen atoms in total. The number of ketones is 1. The van der Waals surface area contributed by atoms with Crippen molar-refractivity contribution in [3.05, 3.63) is 24.3 Å². The number of allylic oxidation sites excluding steroid dienone is 2. The van der Waals surface area contributed by atoms with Crippen LogP contribution in [0.5, 0.6) is 0 Å². The van der Waals surface area contributed by atoms with Crippen LogP contribution in [0.4, 0.5) is 0 Å². The molecule has 0 fully saturated rings. The molecule has 0 aliphatic carbocycles. The van der Waals surface area contributed by atoms with Gasteiger partial charge in [0.05, 0.1) is 6.61 Å². The molecule has 0 aliphatic heterocycles. The third kappa shape index (κ3) is 6.95. The van der Waals surface area contributed by atoms with Gasteiger partial charge in [-0.15, -0.1) is 0 Å². The number of hydrogen-bond donors (Lipinski definition) is 1. The highest BCUT2D eigenvalue weighted by atomic mass is 16.5. The van der Waals surface area contributed by atoms with Crippen LogP contribution >= 0.6 is 0 Å². The van der Waals surface area contributed by atoms with Crippen LogP contribution in [-0.2, 0) is 14.3 Å². The topological polar surface area (TPSA) is 55.4 Å². The molecule has 0 radical (unpaired) electrons. The Morgan fingerprint density at radius 1 is 1.44 bits per heavy atom. The molecule has 16 heavy (non-hydrogen) atoms. The van der Waals surface area contributed by atoms with Crippen LogP contribution in [0.3, 0.4) is 0 Å². The predicted molar refractivity (Wildman–Crippen MR) is 62.8 cm³/mol. The van der Waals surface area contributed by atoms with Crippen LogP contribution in [0.25, 0.3) is 0 Å². The second-order valence-corrected chi connectivity index (χ2v) is 3.85. The van der Waals surface area contributed by atoms with Gasteiger partial charge in [0, 0.05) is 5.57 Å². The summed E-state index contributed by atoms with van der Waals surface area (Å²) in [5.41, 5.74) is 0.345. The monoisotopic (exact) mass is 225 g/mol. The molecule has 0 aliphatic rings. The summed E-state index contributed by atoms with van der Waals surface area (Å²) in [5, 5.41) is 2.55. The molecule has 0 saturated carbocycles. The first-order valence-corrected chi connectivity index (χ1v) is 5.18. The molecule has 0 aromatic carbocycles. The van der Waals surface area contributed by atoms with Gasteiger partial charge in [0.15, 0.2) is 5.78 Å². The summed E-state index contributed by atoms with van der Waals surface area (Å²) in [5.74, 6) is -0.161. The molecule has 90 valence electrons. The third-order valence-electron chi connectivity index (χ3n) is 1.70. The van der Waals surface area contributed by atoms with Gasteiger partial charge in [0.1, 0.15) is 6.73 Å². The van der Waals surface area contributed by atoms with Crippen LogP contribution in [0.1, 0.15) is 20.8 Å². The fourth-order valence-corrected chi connectivity index (χ4v) is 0.888. The first-order valence-electron chi connectivity index (χ1n) is 5.18. The second-order valence-electron chi connectivity index (χ2n) is 3.85. The number of carbonyl (C=O) groups is 2. The van der Waals surface area contributed by atoms with E-state index in [1.165, 1.54) is 6.08 Å². The maximum absolute atomic E-state index is 11.4. The van der Waals surface area contributed by atoms with E-state index in [-0.39, 0.29) is 18.4 Å². The van der Waals surface area contributed by atoms with Crippen LogP contribution in [0.15, 0.2) is 24.3 Å². The number of ether oxygens (including phenoxy) is 1. The van der Waals surface area contributed by atoms with Crippen molar-refractivity contribution in [1.82, 2.24) is 5.32 Å². The van der Waals surface area contributed by atoms with Crippen molar-refractivity contribution in [2.75, 3.05) is 13.3 Å². The summed E-state index contributed by atoms with van der Waals surface area (Å²) < 4.78 is 5.18. The van der Waals surface area contributed by atoms with Crippen molar-refractivity contribution >= 4 is 11.7 Å². The number of amides is 1. The van der Waals surface area contributed by atoms with Gasteiger partial charge in [-0.25, -0.2) is 0 Å². The van der Waals surface area contributed by atoms with Gasteiger partial charge in [-0.3, -0.25) is 9.59 Å². The van der Waals surface area contributed by atoms with Crippen molar-refractivity contribution in [2.24, 2.45) is 5.92 Å². The molecular weight excluding hydrogens is 206 g/mol. The zero-order valence-electron chi connectivity index (χ0n) is 10.1. The molecule has 1 amide bonds. The van der Waals surface area contributed by atoms with Crippen molar-refractivity contribution < 1.29 is 14.3 Å². The van der Waals surface area contributed by atoms with E-state index in [1.54, 1.807) is 6.92 Å². The second kappa shape index (κ2) is 7.82. The van der Waals surface area contributed by atoms with Gasteiger partial charge in [-0.1, -0.05) is 20.4 Å². The Hall–Kier alpha value is -1.42. The quantitative estimate of drug-likeness (QED) is 0.405. The molecule has 0 aromatic heterocycles. The maximum atomic E-state index is 11.4. The molecule has 0 rings (SSSR count). The third-order valence-corrected chi connectivity index (χ3v) is 1.70. The van der Waals surface area contributed by atoms with Crippen LogP contribution in [0.2, 0.25) is 0 Å². The van der Waals surface area contributed by atoms with E-state index in [2.05, 4.69) is 11.9 Å². The minimum Gasteiger partial charge on any atom is -0.361 e. The Morgan fingerprint density at radius 2 is 2.06 bits per heavy atom. The molecule has 4 heteroatoms. The maximum Gasteiger partial charge on any atom is 0.248 e. The summed E-state index contributed by atoms with van der Waals surface area (Å²) >= 11 is 0. The lowest BCUT2D eigenvalue weighted by Gasteiger charge is -2.08. The van der Waals surface area contributed by atoms with Crippen molar-refractivity contribution in [3.63, 3.8) is 0 Å². The normalized spacial score (nSPS) is 11.4. The molecule has 0 heterocycles. The molecule has 0 spiro atoms. The number of rotatable bonds is 7. The minimum atomic E-state index is -0.307. The average Bonchev–Trinajstić information content (AvgIpc) is 2.23. The van der Waals surface area contributed by atoms with Crippen LogP contribution in [0, 0.1) is 5.92 Å². The Bertz CT molecular complexity index is 293. The van der Waals surface area contributed by atoms with Gasteiger partial charge < -0.3 is 10.1 Å². The SMILES string of the molecule is C=CC(=O)C=C(C)C(=O)NCOCC(C)C. The van der Waals surface area contributed by atoms with Gasteiger partial charge in [-0.05, 0) is 25.0 Å². The molecule has 0 atom stereocenters. The predicted octanol–water partition coefficient (Wildman–Crippen LogP) is 1.43. The summed E-state index contributed by atoms with van der Waals surface area (Å²) in [7, 11) is 0. The number of carbonyl (C=O) groups excluding carboxylic acids is 2. The zero-order chi connectivity index (χ0) is 12.6. The molecule has 0 bridgehead atoms. The smallest absolute Gasteiger partial charge is 0.248 e. The number of hydrogen-bond acceptors (Lipinski definition) is 3. The molecular formula is C12H19NO3.